The Bertz CT molecular complexity index is 440. The van der Waals surface area contributed by atoms with E-state index >= 15 is 0 Å². The molecule has 0 atom stereocenters. The van der Waals surface area contributed by atoms with Gasteiger partial charge in [0.05, 0.1) is 11.6 Å². The van der Waals surface area contributed by atoms with Crippen LogP contribution in [0.4, 0.5) is 0 Å². The highest BCUT2D eigenvalue weighted by atomic mass is 15.1. The second-order valence-electron chi connectivity index (χ2n) is 4.30. The van der Waals surface area contributed by atoms with Crippen molar-refractivity contribution in [3.63, 3.8) is 0 Å². The summed E-state index contributed by atoms with van der Waals surface area (Å²) >= 11 is 0. The van der Waals surface area contributed by atoms with E-state index < -0.39 is 0 Å². The molecule has 0 radical (unpaired) electrons. The highest BCUT2D eigenvalue weighted by Crippen LogP contribution is 2.15. The van der Waals surface area contributed by atoms with Crippen molar-refractivity contribution < 1.29 is 0 Å². The predicted molar refractivity (Wildman–Crippen MR) is 64.8 cm³/mol. The van der Waals surface area contributed by atoms with Crippen LogP contribution >= 0.6 is 0 Å². The van der Waals surface area contributed by atoms with Crippen LogP contribution in [0.5, 0.6) is 0 Å². The van der Waals surface area contributed by atoms with E-state index in [0.29, 0.717) is 0 Å². The van der Waals surface area contributed by atoms with E-state index in [0.717, 1.165) is 37.2 Å². The quantitative estimate of drug-likeness (QED) is 0.705. The predicted octanol–water partition coefficient (Wildman–Crippen LogP) is 2.71. The lowest BCUT2D eigenvalue weighted by Gasteiger charge is -2.25. The molecule has 0 aliphatic carbocycles. The first-order valence-corrected chi connectivity index (χ1v) is 5.65. The van der Waals surface area contributed by atoms with Gasteiger partial charge in [0.2, 0.25) is 0 Å². The third kappa shape index (κ3) is 2.50. The zero-order valence-corrected chi connectivity index (χ0v) is 9.61. The molecule has 0 unspecified atom stereocenters. The molecule has 0 amide bonds. The van der Waals surface area contributed by atoms with Crippen LogP contribution in [0.15, 0.2) is 35.9 Å². The summed E-state index contributed by atoms with van der Waals surface area (Å²) in [5.41, 5.74) is 3.41. The number of hydrogen-bond acceptors (Lipinski definition) is 2. The average Bonchev–Trinajstić information content (AvgIpc) is 2.33. The van der Waals surface area contributed by atoms with Gasteiger partial charge in [0.25, 0.3) is 0 Å². The first-order valence-electron chi connectivity index (χ1n) is 5.65. The Morgan fingerprint density at radius 3 is 2.88 bits per heavy atom. The SMILES string of the molecule is CC1=CCN(Cc2ccccc2C#N)CC1. The normalized spacial score (nSPS) is 16.6. The Morgan fingerprint density at radius 2 is 2.19 bits per heavy atom. The maximum Gasteiger partial charge on any atom is 0.0995 e. The highest BCUT2D eigenvalue weighted by molar-refractivity contribution is 5.37. The lowest BCUT2D eigenvalue weighted by atomic mass is 10.1. The molecule has 1 aliphatic rings. The molecule has 82 valence electrons. The molecule has 0 fully saturated rings. The van der Waals surface area contributed by atoms with Crippen LogP contribution in [0, 0.1) is 11.3 Å². The first-order chi connectivity index (χ1) is 7.79. The van der Waals surface area contributed by atoms with E-state index in [2.05, 4.69) is 24.0 Å². The highest BCUT2D eigenvalue weighted by Gasteiger charge is 2.11. The molecule has 2 rings (SSSR count). The minimum absolute atomic E-state index is 0.800. The Labute approximate surface area is 96.8 Å². The van der Waals surface area contributed by atoms with Crippen molar-refractivity contribution in [3.8, 4) is 6.07 Å². The van der Waals surface area contributed by atoms with Gasteiger partial charge in [-0.2, -0.15) is 5.26 Å². The topological polar surface area (TPSA) is 27.0 Å². The van der Waals surface area contributed by atoms with Crippen molar-refractivity contribution in [2.45, 2.75) is 19.9 Å². The maximum absolute atomic E-state index is 9.01. The molecule has 0 N–H and O–H groups in total. The maximum atomic E-state index is 9.01. The van der Waals surface area contributed by atoms with Gasteiger partial charge >= 0.3 is 0 Å². The Morgan fingerprint density at radius 1 is 1.38 bits per heavy atom. The third-order valence-electron chi connectivity index (χ3n) is 3.05. The van der Waals surface area contributed by atoms with E-state index in [-0.39, 0.29) is 0 Å². The van der Waals surface area contributed by atoms with E-state index in [9.17, 15) is 0 Å². The van der Waals surface area contributed by atoms with Crippen molar-refractivity contribution in [2.24, 2.45) is 0 Å². The summed E-state index contributed by atoms with van der Waals surface area (Å²) in [6, 6.07) is 10.1. The van der Waals surface area contributed by atoms with Gasteiger partial charge in [0.1, 0.15) is 0 Å². The molecule has 0 aromatic heterocycles. The first kappa shape index (κ1) is 10.9. The van der Waals surface area contributed by atoms with Crippen molar-refractivity contribution in [3.05, 3.63) is 47.0 Å². The Balaban J connectivity index is 2.07. The van der Waals surface area contributed by atoms with Crippen molar-refractivity contribution in [1.29, 1.82) is 5.26 Å². The van der Waals surface area contributed by atoms with Crippen LogP contribution < -0.4 is 0 Å². The molecule has 0 bridgehead atoms. The van der Waals surface area contributed by atoms with Gasteiger partial charge in [-0.15, -0.1) is 0 Å². The molecule has 16 heavy (non-hydrogen) atoms. The summed E-state index contributed by atoms with van der Waals surface area (Å²) in [6.07, 6.45) is 3.42. The summed E-state index contributed by atoms with van der Waals surface area (Å²) in [4.78, 5) is 2.38. The molecule has 2 heteroatoms. The molecular formula is C14H16N2. The molecule has 0 saturated carbocycles. The van der Waals surface area contributed by atoms with Gasteiger partial charge in [0, 0.05) is 19.6 Å². The summed E-state index contributed by atoms with van der Waals surface area (Å²) < 4.78 is 0. The molecule has 0 spiro atoms. The Hall–Kier alpha value is -1.59. The average molecular weight is 212 g/mol. The summed E-state index contributed by atoms with van der Waals surface area (Å²) in [7, 11) is 0. The van der Waals surface area contributed by atoms with Crippen molar-refractivity contribution in [1.82, 2.24) is 4.90 Å². The third-order valence-corrected chi connectivity index (χ3v) is 3.05. The molecule has 1 aliphatic heterocycles. The lowest BCUT2D eigenvalue weighted by molar-refractivity contribution is 0.286. The fourth-order valence-corrected chi connectivity index (χ4v) is 1.96. The molecular weight excluding hydrogens is 196 g/mol. The fourth-order valence-electron chi connectivity index (χ4n) is 1.96. The monoisotopic (exact) mass is 212 g/mol. The van der Waals surface area contributed by atoms with Crippen LogP contribution in [0.25, 0.3) is 0 Å². The van der Waals surface area contributed by atoms with E-state index in [4.69, 9.17) is 5.26 Å². The summed E-state index contributed by atoms with van der Waals surface area (Å²) in [5, 5.41) is 9.01. The van der Waals surface area contributed by atoms with E-state index in [1.54, 1.807) is 0 Å². The molecule has 1 heterocycles. The molecule has 0 saturated heterocycles. The van der Waals surface area contributed by atoms with Crippen LogP contribution in [0.1, 0.15) is 24.5 Å². The summed E-state index contributed by atoms with van der Waals surface area (Å²) in [6.45, 7) is 5.17. The Kier molecular flexibility index (Phi) is 3.38. The molecule has 2 nitrogen and oxygen atoms in total. The van der Waals surface area contributed by atoms with Crippen LogP contribution in [0.3, 0.4) is 0 Å². The number of nitrogens with zero attached hydrogens (tertiary/aromatic N) is 2. The minimum Gasteiger partial charge on any atom is -0.295 e. The van der Waals surface area contributed by atoms with Gasteiger partial charge < -0.3 is 0 Å². The molecule has 1 aromatic rings. The van der Waals surface area contributed by atoms with E-state index in [1.165, 1.54) is 5.57 Å². The van der Waals surface area contributed by atoms with Gasteiger partial charge in [-0.25, -0.2) is 0 Å². The number of nitriles is 1. The van der Waals surface area contributed by atoms with E-state index in [1.807, 2.05) is 24.3 Å². The minimum atomic E-state index is 0.800. The van der Waals surface area contributed by atoms with Crippen molar-refractivity contribution in [2.75, 3.05) is 13.1 Å². The number of benzene rings is 1. The smallest absolute Gasteiger partial charge is 0.0995 e. The zero-order valence-electron chi connectivity index (χ0n) is 9.61. The van der Waals surface area contributed by atoms with Gasteiger partial charge in [-0.3, -0.25) is 4.90 Å². The lowest BCUT2D eigenvalue weighted by Crippen LogP contribution is -2.28. The molecule has 1 aromatic carbocycles. The van der Waals surface area contributed by atoms with Crippen molar-refractivity contribution >= 4 is 0 Å². The van der Waals surface area contributed by atoms with Gasteiger partial charge in [-0.1, -0.05) is 29.8 Å². The van der Waals surface area contributed by atoms with Crippen LogP contribution in [-0.2, 0) is 6.54 Å². The second-order valence-corrected chi connectivity index (χ2v) is 4.30. The zero-order chi connectivity index (χ0) is 11.4. The van der Waals surface area contributed by atoms with Crippen LogP contribution in [0.2, 0.25) is 0 Å². The number of hydrogen-bond donors (Lipinski definition) is 0. The largest absolute Gasteiger partial charge is 0.295 e. The van der Waals surface area contributed by atoms with Gasteiger partial charge in [-0.05, 0) is 25.0 Å². The second kappa shape index (κ2) is 4.96. The standard InChI is InChI=1S/C14H16N2/c1-12-6-8-16(9-7-12)11-14-5-3-2-4-13(14)10-15/h2-6H,7-9,11H2,1H3. The number of rotatable bonds is 2. The fraction of sp³-hybridized carbons (Fsp3) is 0.357. The summed E-state index contributed by atoms with van der Waals surface area (Å²) in [5.74, 6) is 0. The van der Waals surface area contributed by atoms with Crippen LogP contribution in [-0.4, -0.2) is 18.0 Å². The van der Waals surface area contributed by atoms with Gasteiger partial charge in [0.15, 0.2) is 0 Å².